The highest BCUT2D eigenvalue weighted by molar-refractivity contribution is 5.96. The number of carbonyl (C=O) groups is 1. The SMILES string of the molecule is COc1nc(O)nc(OC)c1-c1cc2cc(NC(=O)[C@@H]3C[C@@H]3F)ncc2n1C. The number of alkyl halides is 1. The summed E-state index contributed by atoms with van der Waals surface area (Å²) in [5, 5.41) is 13.1. The quantitative estimate of drug-likeness (QED) is 0.689. The number of aromatic nitrogens is 4. The second-order valence-electron chi connectivity index (χ2n) is 6.48. The number of carbonyl (C=O) groups excluding carboxylic acids is 1. The van der Waals surface area contributed by atoms with Crippen molar-refractivity contribution in [2.45, 2.75) is 12.6 Å². The molecule has 0 spiro atoms. The molecule has 4 rings (SSSR count). The number of hydrogen-bond acceptors (Lipinski definition) is 7. The molecule has 146 valence electrons. The van der Waals surface area contributed by atoms with Crippen molar-refractivity contribution in [3.63, 3.8) is 0 Å². The lowest BCUT2D eigenvalue weighted by atomic mass is 10.2. The van der Waals surface area contributed by atoms with Crippen LogP contribution in [0.3, 0.4) is 0 Å². The van der Waals surface area contributed by atoms with E-state index in [4.69, 9.17) is 9.47 Å². The van der Waals surface area contributed by atoms with Gasteiger partial charge in [0.2, 0.25) is 17.7 Å². The van der Waals surface area contributed by atoms with Crippen LogP contribution in [0, 0.1) is 5.92 Å². The number of pyridine rings is 1. The Morgan fingerprint density at radius 1 is 1.29 bits per heavy atom. The van der Waals surface area contributed by atoms with E-state index in [1.165, 1.54) is 14.2 Å². The molecule has 1 saturated carbocycles. The van der Waals surface area contributed by atoms with Gasteiger partial charge in [-0.2, -0.15) is 9.97 Å². The molecule has 3 heterocycles. The average Bonchev–Trinajstić information content (AvgIpc) is 3.33. The fourth-order valence-corrected chi connectivity index (χ4v) is 3.12. The van der Waals surface area contributed by atoms with Gasteiger partial charge in [0.15, 0.2) is 0 Å². The summed E-state index contributed by atoms with van der Waals surface area (Å²) in [4.78, 5) is 24.0. The summed E-state index contributed by atoms with van der Waals surface area (Å²) in [5.41, 5.74) is 1.91. The number of hydrogen-bond donors (Lipinski definition) is 2. The van der Waals surface area contributed by atoms with Crippen LogP contribution < -0.4 is 14.8 Å². The van der Waals surface area contributed by atoms with E-state index in [1.54, 1.807) is 12.3 Å². The molecule has 0 saturated heterocycles. The largest absolute Gasteiger partial charge is 0.480 e. The van der Waals surface area contributed by atoms with Gasteiger partial charge in [0.1, 0.15) is 17.6 Å². The lowest BCUT2D eigenvalue weighted by Gasteiger charge is -2.12. The monoisotopic (exact) mass is 387 g/mol. The fraction of sp³-hybridized carbons (Fsp3) is 0.333. The van der Waals surface area contributed by atoms with E-state index >= 15 is 0 Å². The van der Waals surface area contributed by atoms with Gasteiger partial charge < -0.3 is 24.5 Å². The third-order valence-corrected chi connectivity index (χ3v) is 4.70. The maximum Gasteiger partial charge on any atom is 0.320 e. The van der Waals surface area contributed by atoms with Crippen LogP contribution in [0.2, 0.25) is 0 Å². The van der Waals surface area contributed by atoms with E-state index in [-0.39, 0.29) is 24.1 Å². The summed E-state index contributed by atoms with van der Waals surface area (Å²) in [5.74, 6) is -0.314. The van der Waals surface area contributed by atoms with Gasteiger partial charge >= 0.3 is 6.01 Å². The Labute approximate surface area is 159 Å². The van der Waals surface area contributed by atoms with Crippen LogP contribution in [0.5, 0.6) is 17.8 Å². The maximum atomic E-state index is 13.1. The van der Waals surface area contributed by atoms with Crippen molar-refractivity contribution in [1.29, 1.82) is 0 Å². The summed E-state index contributed by atoms with van der Waals surface area (Å²) < 4.78 is 25.5. The van der Waals surface area contributed by atoms with Crippen molar-refractivity contribution in [2.75, 3.05) is 19.5 Å². The highest BCUT2D eigenvalue weighted by Crippen LogP contribution is 2.39. The number of ether oxygens (including phenoxy) is 2. The highest BCUT2D eigenvalue weighted by Gasteiger charge is 2.43. The van der Waals surface area contributed by atoms with Crippen LogP contribution >= 0.6 is 0 Å². The Bertz CT molecular complexity index is 1060. The first-order chi connectivity index (χ1) is 13.4. The van der Waals surface area contributed by atoms with E-state index < -0.39 is 18.1 Å². The van der Waals surface area contributed by atoms with Gasteiger partial charge in [-0.1, -0.05) is 0 Å². The number of halogens is 1. The van der Waals surface area contributed by atoms with E-state index in [9.17, 15) is 14.3 Å². The van der Waals surface area contributed by atoms with Gasteiger partial charge in [-0.05, 0) is 18.6 Å². The minimum atomic E-state index is -1.07. The van der Waals surface area contributed by atoms with Crippen molar-refractivity contribution in [1.82, 2.24) is 19.5 Å². The maximum absolute atomic E-state index is 13.1. The molecule has 2 atom stereocenters. The molecule has 0 bridgehead atoms. The zero-order valence-corrected chi connectivity index (χ0v) is 15.4. The number of rotatable bonds is 5. The van der Waals surface area contributed by atoms with Crippen LogP contribution in [-0.2, 0) is 11.8 Å². The molecule has 0 aliphatic heterocycles. The summed E-state index contributed by atoms with van der Waals surface area (Å²) in [6.07, 6.45) is 0.792. The van der Waals surface area contributed by atoms with E-state index in [0.29, 0.717) is 17.1 Å². The number of fused-ring (bicyclic) bond motifs is 1. The number of nitrogens with zero attached hydrogens (tertiary/aromatic N) is 4. The minimum absolute atomic E-state index is 0.152. The number of anilines is 1. The van der Waals surface area contributed by atoms with Crippen molar-refractivity contribution >= 4 is 22.6 Å². The molecule has 1 fully saturated rings. The van der Waals surface area contributed by atoms with E-state index in [1.807, 2.05) is 17.7 Å². The Morgan fingerprint density at radius 2 is 1.93 bits per heavy atom. The Kier molecular flexibility index (Phi) is 4.25. The molecule has 28 heavy (non-hydrogen) atoms. The number of nitrogens with one attached hydrogen (secondary N) is 1. The fourth-order valence-electron chi connectivity index (χ4n) is 3.12. The second kappa shape index (κ2) is 6.63. The molecular weight excluding hydrogens is 369 g/mol. The Hall–Kier alpha value is -3.43. The third-order valence-electron chi connectivity index (χ3n) is 4.70. The standard InChI is InChI=1S/C18H18FN5O4/c1-24-11(14-16(27-2)22-18(26)23-17(14)28-3)4-8-5-13(20-7-12(8)24)21-15(25)9-6-10(9)19/h4-5,7,9-10H,6H2,1-3H3,(H,20,21,25)(H,22,23,26)/t9-,10+/m1/s1. The molecule has 2 N–H and O–H groups in total. The van der Waals surface area contributed by atoms with Gasteiger partial charge in [0, 0.05) is 12.4 Å². The first-order valence-electron chi connectivity index (χ1n) is 8.52. The average molecular weight is 387 g/mol. The molecule has 1 amide bonds. The van der Waals surface area contributed by atoms with E-state index in [0.717, 1.165) is 10.9 Å². The highest BCUT2D eigenvalue weighted by atomic mass is 19.1. The Balaban J connectivity index is 1.77. The normalized spacial score (nSPS) is 18.1. The van der Waals surface area contributed by atoms with Gasteiger partial charge in [-0.3, -0.25) is 4.79 Å². The van der Waals surface area contributed by atoms with Crippen molar-refractivity contribution < 1.29 is 23.8 Å². The molecule has 0 unspecified atom stereocenters. The molecule has 0 radical (unpaired) electrons. The van der Waals surface area contributed by atoms with Gasteiger partial charge in [0.25, 0.3) is 0 Å². The second-order valence-corrected chi connectivity index (χ2v) is 6.48. The van der Waals surface area contributed by atoms with E-state index in [2.05, 4.69) is 20.3 Å². The smallest absolute Gasteiger partial charge is 0.320 e. The summed E-state index contributed by atoms with van der Waals surface area (Å²) in [7, 11) is 4.68. The number of methoxy groups -OCH3 is 2. The number of amides is 1. The first-order valence-corrected chi connectivity index (χ1v) is 8.52. The molecular formula is C18H18FN5O4. The van der Waals surface area contributed by atoms with Crippen molar-refractivity contribution in [3.05, 3.63) is 18.3 Å². The van der Waals surface area contributed by atoms with Gasteiger partial charge in [0.05, 0.1) is 37.5 Å². The summed E-state index contributed by atoms with van der Waals surface area (Å²) in [6, 6.07) is 3.07. The lowest BCUT2D eigenvalue weighted by molar-refractivity contribution is -0.117. The molecule has 0 aromatic carbocycles. The number of aromatic hydroxyl groups is 1. The predicted molar refractivity (Wildman–Crippen MR) is 98.1 cm³/mol. The first kappa shape index (κ1) is 18.0. The number of aryl methyl sites for hydroxylation is 1. The predicted octanol–water partition coefficient (Wildman–Crippen LogP) is 2.05. The molecule has 3 aromatic rings. The molecule has 3 aromatic heterocycles. The minimum Gasteiger partial charge on any atom is -0.480 e. The van der Waals surface area contributed by atoms with Crippen LogP contribution in [0.4, 0.5) is 10.2 Å². The zero-order chi connectivity index (χ0) is 20.0. The van der Waals surface area contributed by atoms with Gasteiger partial charge in [-0.25, -0.2) is 9.37 Å². The summed E-state index contributed by atoms with van der Waals surface area (Å²) >= 11 is 0. The molecule has 9 nitrogen and oxygen atoms in total. The molecule has 1 aliphatic carbocycles. The lowest BCUT2D eigenvalue weighted by Crippen LogP contribution is -2.15. The van der Waals surface area contributed by atoms with Crippen LogP contribution in [0.1, 0.15) is 6.42 Å². The van der Waals surface area contributed by atoms with Crippen molar-refractivity contribution in [2.24, 2.45) is 13.0 Å². The van der Waals surface area contributed by atoms with Crippen LogP contribution in [0.15, 0.2) is 18.3 Å². The zero-order valence-electron chi connectivity index (χ0n) is 15.4. The van der Waals surface area contributed by atoms with Crippen LogP contribution in [0.25, 0.3) is 22.2 Å². The molecule has 1 aliphatic rings. The van der Waals surface area contributed by atoms with Crippen molar-refractivity contribution in [3.8, 4) is 29.0 Å². The Morgan fingerprint density at radius 3 is 2.50 bits per heavy atom. The van der Waals surface area contributed by atoms with Crippen LogP contribution in [-0.4, -0.2) is 50.9 Å². The summed E-state index contributed by atoms with van der Waals surface area (Å²) in [6.45, 7) is 0. The topological polar surface area (TPSA) is 111 Å². The molecule has 10 heteroatoms. The van der Waals surface area contributed by atoms with Gasteiger partial charge in [-0.15, -0.1) is 0 Å². The third kappa shape index (κ3) is 2.96.